The standard InChI is InChI=1S/C11H21N3O2/c1-9(2)4-6-15-7-5-12-8-11-13-10(3)16-14-11/h9,12H,4-8H2,1-3H3. The molecule has 1 heterocycles. The van der Waals surface area contributed by atoms with Crippen molar-refractivity contribution in [3.63, 3.8) is 0 Å². The molecule has 0 saturated heterocycles. The number of hydrogen-bond donors (Lipinski definition) is 1. The second kappa shape index (κ2) is 7.35. The maximum Gasteiger partial charge on any atom is 0.223 e. The van der Waals surface area contributed by atoms with E-state index >= 15 is 0 Å². The van der Waals surface area contributed by atoms with Gasteiger partial charge in [0.1, 0.15) is 0 Å². The molecule has 0 saturated carbocycles. The lowest BCUT2D eigenvalue weighted by atomic mass is 10.1. The van der Waals surface area contributed by atoms with E-state index in [2.05, 4.69) is 29.3 Å². The number of aryl methyl sites for hydroxylation is 1. The third-order valence-electron chi connectivity index (χ3n) is 2.12. The number of aromatic nitrogens is 2. The molecule has 16 heavy (non-hydrogen) atoms. The molecule has 0 aliphatic heterocycles. The normalized spacial score (nSPS) is 11.2. The fourth-order valence-electron chi connectivity index (χ4n) is 1.18. The summed E-state index contributed by atoms with van der Waals surface area (Å²) in [7, 11) is 0. The van der Waals surface area contributed by atoms with Gasteiger partial charge in [-0.1, -0.05) is 19.0 Å². The Morgan fingerprint density at radius 1 is 1.38 bits per heavy atom. The number of nitrogens with one attached hydrogen (secondary N) is 1. The first-order valence-electron chi connectivity index (χ1n) is 5.76. The van der Waals surface area contributed by atoms with Crippen molar-refractivity contribution in [1.29, 1.82) is 0 Å². The second-order valence-electron chi connectivity index (χ2n) is 4.20. The van der Waals surface area contributed by atoms with Crippen molar-refractivity contribution < 1.29 is 9.26 Å². The van der Waals surface area contributed by atoms with Crippen molar-refractivity contribution in [2.75, 3.05) is 19.8 Å². The van der Waals surface area contributed by atoms with E-state index in [1.165, 1.54) is 0 Å². The Morgan fingerprint density at radius 3 is 2.81 bits per heavy atom. The number of ether oxygens (including phenoxy) is 1. The smallest absolute Gasteiger partial charge is 0.223 e. The van der Waals surface area contributed by atoms with Crippen molar-refractivity contribution in [2.45, 2.75) is 33.7 Å². The van der Waals surface area contributed by atoms with E-state index in [0.717, 1.165) is 26.2 Å². The van der Waals surface area contributed by atoms with Crippen LogP contribution in [0.1, 0.15) is 32.0 Å². The van der Waals surface area contributed by atoms with Crippen molar-refractivity contribution in [3.05, 3.63) is 11.7 Å². The molecule has 1 aromatic rings. The third-order valence-corrected chi connectivity index (χ3v) is 2.12. The van der Waals surface area contributed by atoms with Gasteiger partial charge in [-0.15, -0.1) is 0 Å². The van der Waals surface area contributed by atoms with Crippen LogP contribution in [0.5, 0.6) is 0 Å². The Hall–Kier alpha value is -0.940. The highest BCUT2D eigenvalue weighted by Crippen LogP contribution is 1.98. The van der Waals surface area contributed by atoms with Crippen LogP contribution in [0.25, 0.3) is 0 Å². The topological polar surface area (TPSA) is 60.2 Å². The van der Waals surface area contributed by atoms with Crippen LogP contribution in [0, 0.1) is 12.8 Å². The van der Waals surface area contributed by atoms with Crippen LogP contribution in [-0.2, 0) is 11.3 Å². The summed E-state index contributed by atoms with van der Waals surface area (Å²) >= 11 is 0. The molecule has 0 fully saturated rings. The molecular weight excluding hydrogens is 206 g/mol. The highest BCUT2D eigenvalue weighted by molar-refractivity contribution is 4.82. The van der Waals surface area contributed by atoms with Crippen molar-refractivity contribution in [2.24, 2.45) is 5.92 Å². The minimum absolute atomic E-state index is 0.602. The molecule has 5 nitrogen and oxygen atoms in total. The summed E-state index contributed by atoms with van der Waals surface area (Å²) in [4.78, 5) is 4.09. The quantitative estimate of drug-likeness (QED) is 0.682. The summed E-state index contributed by atoms with van der Waals surface area (Å²) in [6, 6.07) is 0. The van der Waals surface area contributed by atoms with Gasteiger partial charge in [0.15, 0.2) is 5.82 Å². The molecule has 0 radical (unpaired) electrons. The Morgan fingerprint density at radius 2 is 2.19 bits per heavy atom. The van der Waals surface area contributed by atoms with Gasteiger partial charge in [-0.05, 0) is 12.3 Å². The lowest BCUT2D eigenvalue weighted by molar-refractivity contribution is 0.125. The summed E-state index contributed by atoms with van der Waals surface area (Å²) in [6.45, 7) is 9.17. The lowest BCUT2D eigenvalue weighted by Crippen LogP contribution is -2.20. The van der Waals surface area contributed by atoms with Gasteiger partial charge in [0.05, 0.1) is 13.2 Å². The van der Waals surface area contributed by atoms with E-state index in [-0.39, 0.29) is 0 Å². The molecule has 0 amide bonds. The Bertz CT molecular complexity index is 287. The zero-order valence-electron chi connectivity index (χ0n) is 10.3. The molecule has 0 aliphatic carbocycles. The average molecular weight is 227 g/mol. The van der Waals surface area contributed by atoms with E-state index < -0.39 is 0 Å². The molecule has 0 unspecified atom stereocenters. The summed E-state index contributed by atoms with van der Waals surface area (Å²) in [5.41, 5.74) is 0. The van der Waals surface area contributed by atoms with Gasteiger partial charge >= 0.3 is 0 Å². The largest absolute Gasteiger partial charge is 0.380 e. The maximum absolute atomic E-state index is 5.46. The minimum Gasteiger partial charge on any atom is -0.380 e. The molecule has 1 aromatic heterocycles. The lowest BCUT2D eigenvalue weighted by Gasteiger charge is -2.06. The van der Waals surface area contributed by atoms with Crippen LogP contribution in [0.3, 0.4) is 0 Å². The van der Waals surface area contributed by atoms with E-state index in [0.29, 0.717) is 24.2 Å². The Balaban J connectivity index is 1.92. The van der Waals surface area contributed by atoms with Gasteiger partial charge in [-0.25, -0.2) is 0 Å². The fraction of sp³-hybridized carbons (Fsp3) is 0.818. The van der Waals surface area contributed by atoms with Gasteiger partial charge < -0.3 is 14.6 Å². The molecular formula is C11H21N3O2. The van der Waals surface area contributed by atoms with Gasteiger partial charge in [-0.2, -0.15) is 4.98 Å². The number of rotatable bonds is 8. The first kappa shape index (κ1) is 13.1. The first-order valence-corrected chi connectivity index (χ1v) is 5.76. The summed E-state index contributed by atoms with van der Waals surface area (Å²) in [6.07, 6.45) is 1.12. The van der Waals surface area contributed by atoms with Crippen LogP contribution >= 0.6 is 0 Å². The zero-order chi connectivity index (χ0) is 11.8. The molecule has 0 bridgehead atoms. The third kappa shape index (κ3) is 5.82. The second-order valence-corrected chi connectivity index (χ2v) is 4.20. The molecule has 92 valence electrons. The molecule has 0 atom stereocenters. The van der Waals surface area contributed by atoms with Crippen molar-refractivity contribution >= 4 is 0 Å². The van der Waals surface area contributed by atoms with Crippen LogP contribution < -0.4 is 5.32 Å². The van der Waals surface area contributed by atoms with Crippen molar-refractivity contribution in [1.82, 2.24) is 15.5 Å². The molecule has 0 aromatic carbocycles. The Labute approximate surface area is 96.6 Å². The molecule has 0 spiro atoms. The van der Waals surface area contributed by atoms with E-state index in [1.807, 2.05) is 0 Å². The van der Waals surface area contributed by atoms with E-state index in [4.69, 9.17) is 9.26 Å². The summed E-state index contributed by atoms with van der Waals surface area (Å²) < 4.78 is 10.3. The predicted octanol–water partition coefficient (Wildman–Crippen LogP) is 1.53. The maximum atomic E-state index is 5.46. The highest BCUT2D eigenvalue weighted by atomic mass is 16.5. The van der Waals surface area contributed by atoms with Gasteiger partial charge in [0.25, 0.3) is 0 Å². The predicted molar refractivity (Wildman–Crippen MR) is 61.0 cm³/mol. The first-order chi connectivity index (χ1) is 7.68. The van der Waals surface area contributed by atoms with Crippen LogP contribution in [0.2, 0.25) is 0 Å². The van der Waals surface area contributed by atoms with Gasteiger partial charge in [0.2, 0.25) is 5.89 Å². The minimum atomic E-state index is 0.602. The zero-order valence-corrected chi connectivity index (χ0v) is 10.3. The highest BCUT2D eigenvalue weighted by Gasteiger charge is 2.00. The van der Waals surface area contributed by atoms with Gasteiger partial charge in [0, 0.05) is 20.1 Å². The van der Waals surface area contributed by atoms with Crippen LogP contribution in [0.15, 0.2) is 4.52 Å². The number of hydrogen-bond acceptors (Lipinski definition) is 5. The summed E-state index contributed by atoms with van der Waals surface area (Å²) in [5.74, 6) is 2.00. The van der Waals surface area contributed by atoms with Crippen LogP contribution in [-0.4, -0.2) is 29.9 Å². The average Bonchev–Trinajstić information content (AvgIpc) is 2.62. The van der Waals surface area contributed by atoms with Crippen molar-refractivity contribution in [3.8, 4) is 0 Å². The monoisotopic (exact) mass is 227 g/mol. The molecule has 1 N–H and O–H groups in total. The van der Waals surface area contributed by atoms with Gasteiger partial charge in [-0.3, -0.25) is 0 Å². The SMILES string of the molecule is Cc1nc(CNCCOCCC(C)C)no1. The molecule has 1 rings (SSSR count). The summed E-state index contributed by atoms with van der Waals surface area (Å²) in [5, 5.41) is 6.98. The van der Waals surface area contributed by atoms with Crippen LogP contribution in [0.4, 0.5) is 0 Å². The molecule has 0 aliphatic rings. The fourth-order valence-corrected chi connectivity index (χ4v) is 1.18. The number of nitrogens with zero attached hydrogens (tertiary/aromatic N) is 2. The molecule has 5 heteroatoms. The Kier molecular flexibility index (Phi) is 6.03. The van der Waals surface area contributed by atoms with E-state index in [1.54, 1.807) is 6.92 Å². The van der Waals surface area contributed by atoms with E-state index in [9.17, 15) is 0 Å².